The van der Waals surface area contributed by atoms with E-state index in [0.29, 0.717) is 19.5 Å². The summed E-state index contributed by atoms with van der Waals surface area (Å²) in [5.41, 5.74) is 5.96. The molecule has 4 heterocycles. The summed E-state index contributed by atoms with van der Waals surface area (Å²) in [4.78, 5) is 57.4. The lowest BCUT2D eigenvalue weighted by atomic mass is 9.98. The van der Waals surface area contributed by atoms with Gasteiger partial charge < -0.3 is 40.1 Å². The van der Waals surface area contributed by atoms with Crippen LogP contribution in [0, 0.1) is 5.92 Å². The van der Waals surface area contributed by atoms with Crippen LogP contribution < -0.4 is 10.6 Å². The van der Waals surface area contributed by atoms with Crippen LogP contribution in [0.4, 0.5) is 9.59 Å². The Balaban J connectivity index is 1.02. The van der Waals surface area contributed by atoms with Gasteiger partial charge in [0.05, 0.1) is 56.1 Å². The standard InChI is InChI=1S/C43H52N8O6/c1-6-32(48-42(54)56-4)40(52)50-19-7-9-35(50)38-44-23-33(46-38)27-13-11-26(12-14-27)28-15-16-30-22-31(18-17-29(30)21-28)34-24-45-39(47-34)36-10-8-20-51(36)41(53)37(25(2)3)49-43(55)57-5/h11-18,21-25,32,35-37,41,53H,6-10,19-20H2,1-5H3,(H,44,46)(H,45,47)(H,48,54)(H,49,55). The molecule has 0 radical (unpaired) electrons. The normalized spacial score (nSPS) is 18.8. The van der Waals surface area contributed by atoms with Gasteiger partial charge >= 0.3 is 12.2 Å². The lowest BCUT2D eigenvalue weighted by molar-refractivity contribution is -0.134. The van der Waals surface area contributed by atoms with Crippen molar-refractivity contribution in [3.63, 3.8) is 0 Å². The molecule has 300 valence electrons. The van der Waals surface area contributed by atoms with Gasteiger partial charge in [0.2, 0.25) is 5.91 Å². The van der Waals surface area contributed by atoms with Crippen molar-refractivity contribution in [2.45, 2.75) is 83.3 Å². The summed E-state index contributed by atoms with van der Waals surface area (Å²) in [5, 5.41) is 19.0. The fraction of sp³-hybridized carbons (Fsp3) is 0.419. The number of imidazole rings is 2. The summed E-state index contributed by atoms with van der Waals surface area (Å²) in [7, 11) is 2.61. The molecule has 0 spiro atoms. The molecule has 2 aromatic heterocycles. The molecule has 5 N–H and O–H groups in total. The number of hydrogen-bond acceptors (Lipinski definition) is 9. The molecular weight excluding hydrogens is 725 g/mol. The van der Waals surface area contributed by atoms with Gasteiger partial charge in [-0.1, -0.05) is 69.3 Å². The monoisotopic (exact) mass is 776 g/mol. The quantitative estimate of drug-likeness (QED) is 0.0900. The van der Waals surface area contributed by atoms with E-state index in [2.05, 4.69) is 86.2 Å². The van der Waals surface area contributed by atoms with Crippen molar-refractivity contribution < 1.29 is 29.0 Å². The van der Waals surface area contributed by atoms with Crippen LogP contribution in [-0.4, -0.2) is 98.6 Å². The zero-order valence-electron chi connectivity index (χ0n) is 33.1. The Morgan fingerprint density at radius 1 is 0.772 bits per heavy atom. The van der Waals surface area contributed by atoms with Crippen LogP contribution in [0.15, 0.2) is 73.1 Å². The third-order valence-electron chi connectivity index (χ3n) is 11.4. The largest absolute Gasteiger partial charge is 0.453 e. The van der Waals surface area contributed by atoms with Gasteiger partial charge in [-0.3, -0.25) is 9.69 Å². The van der Waals surface area contributed by atoms with Crippen molar-refractivity contribution in [3.8, 4) is 33.6 Å². The number of carbonyl (C=O) groups excluding carboxylic acids is 3. The number of aliphatic hydroxyl groups is 1. The summed E-state index contributed by atoms with van der Waals surface area (Å²) < 4.78 is 9.52. The Morgan fingerprint density at radius 3 is 1.96 bits per heavy atom. The van der Waals surface area contributed by atoms with Gasteiger partial charge in [-0.25, -0.2) is 19.6 Å². The van der Waals surface area contributed by atoms with Gasteiger partial charge in [0.25, 0.3) is 0 Å². The molecule has 5 unspecified atom stereocenters. The number of fused-ring (bicyclic) bond motifs is 1. The highest BCUT2D eigenvalue weighted by Crippen LogP contribution is 2.36. The van der Waals surface area contributed by atoms with Crippen molar-refractivity contribution >= 4 is 28.9 Å². The van der Waals surface area contributed by atoms with Gasteiger partial charge in [-0.15, -0.1) is 0 Å². The number of aromatic nitrogens is 4. The van der Waals surface area contributed by atoms with Crippen LogP contribution in [0.3, 0.4) is 0 Å². The molecule has 2 aliphatic heterocycles. The number of alkyl carbamates (subject to hydrolysis) is 2. The molecule has 3 amide bonds. The van der Waals surface area contributed by atoms with Crippen LogP contribution in [-0.2, 0) is 14.3 Å². The minimum absolute atomic E-state index is 0.00483. The summed E-state index contributed by atoms with van der Waals surface area (Å²) in [6, 6.07) is 19.7. The number of methoxy groups -OCH3 is 2. The topological polar surface area (TPSA) is 178 Å². The second kappa shape index (κ2) is 17.2. The molecular formula is C43H52N8O6. The molecule has 2 aliphatic rings. The fourth-order valence-corrected chi connectivity index (χ4v) is 8.18. The number of aromatic amines is 2. The highest BCUT2D eigenvalue weighted by atomic mass is 16.5. The first-order valence-corrected chi connectivity index (χ1v) is 19.8. The number of amides is 3. The second-order valence-corrected chi connectivity index (χ2v) is 15.2. The number of carbonyl (C=O) groups is 3. The maximum absolute atomic E-state index is 13.4. The molecule has 3 aromatic carbocycles. The molecule has 57 heavy (non-hydrogen) atoms. The summed E-state index contributed by atoms with van der Waals surface area (Å²) in [5.74, 6) is 1.39. The highest BCUT2D eigenvalue weighted by Gasteiger charge is 2.39. The number of ether oxygens (including phenoxy) is 2. The van der Waals surface area contributed by atoms with Crippen LogP contribution in [0.5, 0.6) is 0 Å². The molecule has 0 aliphatic carbocycles. The van der Waals surface area contributed by atoms with Crippen molar-refractivity contribution in [2.24, 2.45) is 5.92 Å². The van der Waals surface area contributed by atoms with E-state index in [9.17, 15) is 19.5 Å². The molecule has 14 nitrogen and oxygen atoms in total. The maximum atomic E-state index is 13.4. The second-order valence-electron chi connectivity index (χ2n) is 15.2. The molecule has 0 saturated carbocycles. The van der Waals surface area contributed by atoms with E-state index in [-0.39, 0.29) is 23.9 Å². The Labute approximate surface area is 332 Å². The van der Waals surface area contributed by atoms with Gasteiger partial charge in [0.15, 0.2) is 0 Å². The maximum Gasteiger partial charge on any atom is 0.407 e. The third kappa shape index (κ3) is 8.37. The molecule has 14 heteroatoms. The smallest absolute Gasteiger partial charge is 0.407 e. The molecule has 5 aromatic rings. The number of nitrogens with zero attached hydrogens (tertiary/aromatic N) is 4. The Kier molecular flexibility index (Phi) is 11.9. The molecule has 0 bridgehead atoms. The number of aliphatic hydroxyl groups excluding tert-OH is 1. The first-order valence-electron chi connectivity index (χ1n) is 19.8. The summed E-state index contributed by atoms with van der Waals surface area (Å²) in [6.07, 6.45) is 5.46. The number of benzene rings is 3. The number of rotatable bonds is 12. The van der Waals surface area contributed by atoms with E-state index in [4.69, 9.17) is 14.5 Å². The Hall–Kier alpha value is -5.73. The van der Waals surface area contributed by atoms with Gasteiger partial charge in [-0.05, 0) is 77.6 Å². The highest BCUT2D eigenvalue weighted by molar-refractivity contribution is 5.90. The predicted molar refractivity (Wildman–Crippen MR) is 217 cm³/mol. The van der Waals surface area contributed by atoms with Crippen LogP contribution in [0.25, 0.3) is 44.4 Å². The zero-order chi connectivity index (χ0) is 40.2. The number of H-pyrrole nitrogens is 2. The zero-order valence-corrected chi connectivity index (χ0v) is 33.1. The van der Waals surface area contributed by atoms with Crippen LogP contribution >= 0.6 is 0 Å². The fourth-order valence-electron chi connectivity index (χ4n) is 8.18. The van der Waals surface area contributed by atoms with Crippen molar-refractivity contribution in [1.29, 1.82) is 0 Å². The van der Waals surface area contributed by atoms with E-state index in [1.807, 2.05) is 38.1 Å². The average molecular weight is 777 g/mol. The van der Waals surface area contributed by atoms with E-state index in [1.54, 1.807) is 4.90 Å². The van der Waals surface area contributed by atoms with Crippen molar-refractivity contribution in [3.05, 3.63) is 84.7 Å². The number of likely N-dealkylation sites (tertiary alicyclic amines) is 2. The lowest BCUT2D eigenvalue weighted by Gasteiger charge is -2.35. The van der Waals surface area contributed by atoms with E-state index < -0.39 is 30.5 Å². The lowest BCUT2D eigenvalue weighted by Crippen LogP contribution is -2.54. The minimum Gasteiger partial charge on any atom is -0.453 e. The molecule has 2 fully saturated rings. The Bertz CT molecular complexity index is 2200. The predicted octanol–water partition coefficient (Wildman–Crippen LogP) is 6.92. The molecule has 5 atom stereocenters. The van der Waals surface area contributed by atoms with Gasteiger partial charge in [-0.2, -0.15) is 0 Å². The van der Waals surface area contributed by atoms with Crippen LogP contribution in [0.2, 0.25) is 0 Å². The van der Waals surface area contributed by atoms with E-state index >= 15 is 0 Å². The SMILES string of the molecule is CCC(NC(=O)OC)C(=O)N1CCCC1c1ncc(-c2ccc(-c3ccc4cc(-c5cnc(C6CCCN6C(O)C(NC(=O)OC)C(C)C)[nH]5)ccc4c3)cc2)[nH]1. The molecule has 7 rings (SSSR count). The first kappa shape index (κ1) is 39.5. The molecule has 2 saturated heterocycles. The van der Waals surface area contributed by atoms with Crippen molar-refractivity contribution in [1.82, 2.24) is 40.4 Å². The van der Waals surface area contributed by atoms with Gasteiger partial charge in [0.1, 0.15) is 23.9 Å². The third-order valence-corrected chi connectivity index (χ3v) is 11.4. The van der Waals surface area contributed by atoms with Crippen molar-refractivity contribution in [2.75, 3.05) is 27.3 Å². The Morgan fingerprint density at radius 2 is 1.32 bits per heavy atom. The summed E-state index contributed by atoms with van der Waals surface area (Å²) in [6.45, 7) is 7.09. The van der Waals surface area contributed by atoms with E-state index in [0.717, 1.165) is 81.7 Å². The number of hydrogen-bond donors (Lipinski definition) is 5. The summed E-state index contributed by atoms with van der Waals surface area (Å²) >= 11 is 0. The van der Waals surface area contributed by atoms with Crippen LogP contribution in [0.1, 0.15) is 76.6 Å². The van der Waals surface area contributed by atoms with Gasteiger partial charge in [0, 0.05) is 18.7 Å². The first-order chi connectivity index (χ1) is 27.6. The minimum atomic E-state index is -0.889. The average Bonchev–Trinajstić information content (AvgIpc) is 4.07. The number of nitrogens with one attached hydrogen (secondary N) is 4. The van der Waals surface area contributed by atoms with E-state index in [1.165, 1.54) is 14.2 Å².